The van der Waals surface area contributed by atoms with Crippen molar-refractivity contribution in [3.63, 3.8) is 0 Å². The number of fused-ring (bicyclic) bond motifs is 7. The van der Waals surface area contributed by atoms with E-state index in [2.05, 4.69) is 170 Å². The molecule has 0 bridgehead atoms. The van der Waals surface area contributed by atoms with Crippen LogP contribution in [0.3, 0.4) is 0 Å². The number of benzene rings is 8. The van der Waals surface area contributed by atoms with E-state index in [1.807, 2.05) is 11.8 Å². The fraction of sp³-hybridized carbons (Fsp3) is 0.0222. The normalized spacial score (nSPS) is 13.7. The zero-order valence-electron chi connectivity index (χ0n) is 25.1. The van der Waals surface area contributed by atoms with Crippen molar-refractivity contribution in [1.29, 1.82) is 0 Å². The highest BCUT2D eigenvalue weighted by atomic mass is 32.2. The fourth-order valence-corrected chi connectivity index (χ4v) is 9.34. The Kier molecular flexibility index (Phi) is 5.53. The third-order valence-electron chi connectivity index (χ3n) is 10.1. The molecular weight excluding hydrogens is 573 g/mol. The van der Waals surface area contributed by atoms with E-state index in [9.17, 15) is 0 Å². The lowest BCUT2D eigenvalue weighted by Gasteiger charge is -2.34. The van der Waals surface area contributed by atoms with Crippen LogP contribution in [0, 0.1) is 0 Å². The molecule has 46 heavy (non-hydrogen) atoms. The largest absolute Gasteiger partial charge is 0.0888 e. The molecule has 10 rings (SSSR count). The average molecular weight is 601 g/mol. The summed E-state index contributed by atoms with van der Waals surface area (Å²) in [6.45, 7) is 0. The summed E-state index contributed by atoms with van der Waals surface area (Å²) < 4.78 is 0. The van der Waals surface area contributed by atoms with Crippen molar-refractivity contribution in [2.45, 2.75) is 15.2 Å². The average Bonchev–Trinajstić information content (AvgIpc) is 3.43. The Bertz CT molecular complexity index is 2450. The Morgan fingerprint density at radius 2 is 1.09 bits per heavy atom. The standard InChI is InChI=1S/C45H28S/c1-3-14-33(15-4-1)45(34-16-5-2-6-17-34)39-25-23-29-12-7-8-18-35(29)44(39)37-24-22-30(28-40(37)45)32-26-31-13-11-21-42-43(31)38(27-32)36-19-9-10-20-41(36)46-42/h1-28H. The molecule has 0 atom stereocenters. The summed E-state index contributed by atoms with van der Waals surface area (Å²) in [5.74, 6) is 0. The molecule has 0 radical (unpaired) electrons. The van der Waals surface area contributed by atoms with Crippen LogP contribution in [0.15, 0.2) is 180 Å². The highest BCUT2D eigenvalue weighted by Crippen LogP contribution is 2.58. The van der Waals surface area contributed by atoms with Crippen LogP contribution in [-0.2, 0) is 5.41 Å². The molecule has 1 aliphatic heterocycles. The van der Waals surface area contributed by atoms with Crippen LogP contribution in [-0.4, -0.2) is 0 Å². The van der Waals surface area contributed by atoms with Gasteiger partial charge >= 0.3 is 0 Å². The van der Waals surface area contributed by atoms with Gasteiger partial charge in [-0.3, -0.25) is 0 Å². The van der Waals surface area contributed by atoms with Crippen LogP contribution in [0.25, 0.3) is 54.9 Å². The van der Waals surface area contributed by atoms with Crippen LogP contribution in [0.5, 0.6) is 0 Å². The molecular formula is C45H28S. The van der Waals surface area contributed by atoms with Gasteiger partial charge in [-0.2, -0.15) is 0 Å². The van der Waals surface area contributed by atoms with E-state index in [1.165, 1.54) is 87.0 Å². The maximum absolute atomic E-state index is 2.49. The summed E-state index contributed by atoms with van der Waals surface area (Å²) in [5, 5.41) is 5.23. The second-order valence-electron chi connectivity index (χ2n) is 12.4. The molecule has 0 saturated carbocycles. The minimum absolute atomic E-state index is 0.450. The van der Waals surface area contributed by atoms with Crippen molar-refractivity contribution >= 4 is 33.3 Å². The van der Waals surface area contributed by atoms with Gasteiger partial charge in [-0.25, -0.2) is 0 Å². The molecule has 0 amide bonds. The lowest BCUT2D eigenvalue weighted by atomic mass is 9.67. The Labute approximate surface area is 273 Å². The molecule has 1 heteroatoms. The van der Waals surface area contributed by atoms with E-state index in [1.54, 1.807) is 0 Å². The summed E-state index contributed by atoms with van der Waals surface area (Å²) in [4.78, 5) is 2.66. The predicted octanol–water partition coefficient (Wildman–Crippen LogP) is 12.2. The van der Waals surface area contributed by atoms with Gasteiger partial charge < -0.3 is 0 Å². The molecule has 0 saturated heterocycles. The number of hydrogen-bond acceptors (Lipinski definition) is 1. The molecule has 0 nitrogen and oxygen atoms in total. The van der Waals surface area contributed by atoms with Crippen molar-refractivity contribution < 1.29 is 0 Å². The first kappa shape index (κ1) is 25.9. The van der Waals surface area contributed by atoms with Crippen molar-refractivity contribution in [3.8, 4) is 33.4 Å². The zero-order chi connectivity index (χ0) is 30.2. The maximum Gasteiger partial charge on any atom is 0.0714 e. The van der Waals surface area contributed by atoms with Crippen molar-refractivity contribution in [2.75, 3.05) is 0 Å². The molecule has 214 valence electrons. The first-order valence-electron chi connectivity index (χ1n) is 15.9. The summed E-state index contributed by atoms with van der Waals surface area (Å²) in [7, 11) is 0. The Balaban J connectivity index is 1.30. The number of hydrogen-bond donors (Lipinski definition) is 0. The third kappa shape index (κ3) is 3.52. The fourth-order valence-electron chi connectivity index (χ4n) is 8.19. The predicted molar refractivity (Wildman–Crippen MR) is 194 cm³/mol. The maximum atomic E-state index is 2.49. The highest BCUT2D eigenvalue weighted by molar-refractivity contribution is 7.99. The van der Waals surface area contributed by atoms with E-state index in [0.717, 1.165) is 0 Å². The van der Waals surface area contributed by atoms with E-state index in [4.69, 9.17) is 0 Å². The molecule has 2 aliphatic rings. The van der Waals surface area contributed by atoms with Crippen molar-refractivity contribution in [3.05, 3.63) is 192 Å². The molecule has 0 unspecified atom stereocenters. The smallest absolute Gasteiger partial charge is 0.0714 e. The van der Waals surface area contributed by atoms with E-state index in [0.29, 0.717) is 0 Å². The monoisotopic (exact) mass is 600 g/mol. The van der Waals surface area contributed by atoms with E-state index < -0.39 is 5.41 Å². The zero-order valence-corrected chi connectivity index (χ0v) is 25.9. The van der Waals surface area contributed by atoms with Crippen molar-refractivity contribution in [1.82, 2.24) is 0 Å². The molecule has 0 spiro atoms. The van der Waals surface area contributed by atoms with Gasteiger partial charge in [0.2, 0.25) is 0 Å². The molecule has 0 fully saturated rings. The van der Waals surface area contributed by atoms with Gasteiger partial charge in [0, 0.05) is 15.2 Å². The minimum atomic E-state index is -0.450. The van der Waals surface area contributed by atoms with Gasteiger partial charge in [0.1, 0.15) is 0 Å². The first-order chi connectivity index (χ1) is 22.8. The summed E-state index contributed by atoms with van der Waals surface area (Å²) in [5.41, 5.74) is 12.6. The highest BCUT2D eigenvalue weighted by Gasteiger charge is 2.46. The van der Waals surface area contributed by atoms with Gasteiger partial charge in [-0.15, -0.1) is 0 Å². The topological polar surface area (TPSA) is 0 Å². The quantitative estimate of drug-likeness (QED) is 0.194. The van der Waals surface area contributed by atoms with Crippen LogP contribution >= 0.6 is 11.8 Å². The van der Waals surface area contributed by atoms with Crippen LogP contribution in [0.1, 0.15) is 22.3 Å². The van der Waals surface area contributed by atoms with Gasteiger partial charge in [0.15, 0.2) is 0 Å². The van der Waals surface area contributed by atoms with Crippen molar-refractivity contribution in [2.24, 2.45) is 0 Å². The Morgan fingerprint density at radius 3 is 1.91 bits per heavy atom. The molecule has 1 heterocycles. The van der Waals surface area contributed by atoms with E-state index in [-0.39, 0.29) is 0 Å². The molecule has 0 aromatic heterocycles. The second kappa shape index (κ2) is 9.81. The summed E-state index contributed by atoms with van der Waals surface area (Å²) in [6, 6.07) is 63.4. The van der Waals surface area contributed by atoms with Gasteiger partial charge in [-0.1, -0.05) is 151 Å². The minimum Gasteiger partial charge on any atom is -0.0888 e. The summed E-state index contributed by atoms with van der Waals surface area (Å²) >= 11 is 1.88. The van der Waals surface area contributed by atoms with Crippen LogP contribution in [0.4, 0.5) is 0 Å². The van der Waals surface area contributed by atoms with Crippen LogP contribution in [0.2, 0.25) is 0 Å². The first-order valence-corrected chi connectivity index (χ1v) is 16.7. The summed E-state index contributed by atoms with van der Waals surface area (Å²) in [6.07, 6.45) is 0. The second-order valence-corrected chi connectivity index (χ2v) is 13.5. The lowest BCUT2D eigenvalue weighted by Crippen LogP contribution is -2.28. The Morgan fingerprint density at radius 1 is 0.391 bits per heavy atom. The lowest BCUT2D eigenvalue weighted by molar-refractivity contribution is 0.769. The van der Waals surface area contributed by atoms with E-state index >= 15 is 0 Å². The SMILES string of the molecule is c1ccc(C2(c3ccccc3)c3cc(-c4cc5c6c(cccc6c4)Sc4ccccc4-5)ccc3-c3c2ccc2ccccc32)cc1. The Hall–Kier alpha value is -5.37. The van der Waals surface area contributed by atoms with Gasteiger partial charge in [-0.05, 0) is 102 Å². The molecule has 8 aromatic carbocycles. The molecule has 1 aliphatic carbocycles. The van der Waals surface area contributed by atoms with Gasteiger partial charge in [0.25, 0.3) is 0 Å². The van der Waals surface area contributed by atoms with Gasteiger partial charge in [0.05, 0.1) is 5.41 Å². The molecule has 8 aromatic rings. The molecule has 0 N–H and O–H groups in total. The number of rotatable bonds is 3. The third-order valence-corrected chi connectivity index (χ3v) is 11.2. The van der Waals surface area contributed by atoms with Crippen LogP contribution < -0.4 is 0 Å².